The van der Waals surface area contributed by atoms with Crippen LogP contribution in [0.1, 0.15) is 36.8 Å². The number of nitrogens with one attached hydrogen (secondary N) is 3. The third-order valence-electron chi connectivity index (χ3n) is 10.2. The van der Waals surface area contributed by atoms with Crippen LogP contribution in [0.4, 0.5) is 11.4 Å². The Hall–Kier alpha value is -6.11. The van der Waals surface area contributed by atoms with Crippen molar-refractivity contribution in [3.63, 3.8) is 0 Å². The minimum Gasteiger partial charge on any atom is -0.391 e. The number of hydrogen-bond donors (Lipinski definition) is 5. The molecule has 4 atom stereocenters. The average Bonchev–Trinajstić information content (AvgIpc) is 3.91. The molecule has 12 heteroatoms. The molecule has 4 aromatic carbocycles. The van der Waals surface area contributed by atoms with Crippen molar-refractivity contribution in [1.82, 2.24) is 19.8 Å². The molecule has 12 nitrogen and oxygen atoms in total. The van der Waals surface area contributed by atoms with Crippen molar-refractivity contribution in [2.45, 2.75) is 62.8 Å². The van der Waals surface area contributed by atoms with Gasteiger partial charge in [-0.25, -0.2) is 4.98 Å². The molecule has 0 saturated carbocycles. The van der Waals surface area contributed by atoms with Crippen LogP contribution in [-0.4, -0.2) is 91.0 Å². The Kier molecular flexibility index (Phi) is 11.4. The Balaban J connectivity index is 0.925. The van der Waals surface area contributed by atoms with Gasteiger partial charge in [0, 0.05) is 60.5 Å². The summed E-state index contributed by atoms with van der Waals surface area (Å²) in [5.41, 5.74) is 6.15. The van der Waals surface area contributed by atoms with E-state index in [-0.39, 0.29) is 74.5 Å². The van der Waals surface area contributed by atoms with Crippen LogP contribution < -0.4 is 10.6 Å². The van der Waals surface area contributed by atoms with E-state index in [0.29, 0.717) is 29.9 Å². The van der Waals surface area contributed by atoms with Gasteiger partial charge in [-0.3, -0.25) is 19.2 Å². The van der Waals surface area contributed by atoms with Gasteiger partial charge in [0.1, 0.15) is 0 Å². The average molecular weight is 741 g/mol. The lowest BCUT2D eigenvalue weighted by molar-refractivity contribution is -0.133. The van der Waals surface area contributed by atoms with Crippen molar-refractivity contribution in [1.29, 1.82) is 0 Å². The van der Waals surface area contributed by atoms with Crippen LogP contribution in [-0.2, 0) is 32.0 Å². The van der Waals surface area contributed by atoms with E-state index in [2.05, 4.69) is 20.6 Å². The number of aliphatic hydroxyl groups excluding tert-OH is 2. The van der Waals surface area contributed by atoms with Gasteiger partial charge in [0.25, 0.3) is 0 Å². The number of β-amino-alcohol motifs (C(OH)–C–C–N with tert-alkyl or cyclic N) is 2. The molecule has 282 valence electrons. The van der Waals surface area contributed by atoms with Crippen LogP contribution in [0.25, 0.3) is 22.5 Å². The topological polar surface area (TPSA) is 168 Å². The summed E-state index contributed by atoms with van der Waals surface area (Å²) in [6, 6.07) is 32.8. The third-order valence-corrected chi connectivity index (χ3v) is 10.2. The molecule has 3 heterocycles. The number of amides is 4. The molecule has 7 rings (SSSR count). The van der Waals surface area contributed by atoms with E-state index in [4.69, 9.17) is 0 Å². The molecule has 0 spiro atoms. The first-order valence-electron chi connectivity index (χ1n) is 18.6. The Morgan fingerprint density at radius 3 is 1.51 bits per heavy atom. The summed E-state index contributed by atoms with van der Waals surface area (Å²) in [4.78, 5) is 63.1. The number of nitrogens with zero attached hydrogens (tertiary/aromatic N) is 3. The predicted molar refractivity (Wildman–Crippen MR) is 208 cm³/mol. The maximum Gasteiger partial charge on any atom is 0.227 e. The van der Waals surface area contributed by atoms with E-state index in [1.165, 1.54) is 0 Å². The molecule has 5 N–H and O–H groups in total. The second kappa shape index (κ2) is 16.9. The number of likely N-dealkylation sites (tertiary alicyclic amines) is 2. The zero-order valence-corrected chi connectivity index (χ0v) is 30.3. The molecule has 2 aliphatic rings. The molecule has 2 saturated heterocycles. The van der Waals surface area contributed by atoms with E-state index >= 15 is 0 Å². The SMILES string of the molecule is O=C(C[C@@H]1C[C@H](O)CN1C(=O)Cc1ccccc1)Nc1ccc(-c2nc[nH]c2-c2ccc(NC(=O)C[C@@H]3C[C@H](O)CN3C(=O)Cc3ccccc3)cc2)cc1. The van der Waals surface area contributed by atoms with Crippen molar-refractivity contribution in [2.24, 2.45) is 0 Å². The van der Waals surface area contributed by atoms with E-state index < -0.39 is 12.2 Å². The highest BCUT2D eigenvalue weighted by Gasteiger charge is 2.36. The number of carbonyl (C=O) groups excluding carboxylic acids is 4. The number of hydrogen-bond acceptors (Lipinski definition) is 7. The second-order valence-electron chi connectivity index (χ2n) is 14.3. The number of aromatic nitrogens is 2. The van der Waals surface area contributed by atoms with E-state index in [1.807, 2.05) is 84.9 Å². The molecule has 0 bridgehead atoms. The van der Waals surface area contributed by atoms with Gasteiger partial charge in [-0.1, -0.05) is 84.9 Å². The van der Waals surface area contributed by atoms with Crippen LogP contribution in [0, 0.1) is 0 Å². The van der Waals surface area contributed by atoms with E-state index in [1.54, 1.807) is 40.4 Å². The van der Waals surface area contributed by atoms with E-state index in [9.17, 15) is 29.4 Å². The van der Waals surface area contributed by atoms with Crippen LogP contribution >= 0.6 is 0 Å². The summed E-state index contributed by atoms with van der Waals surface area (Å²) in [7, 11) is 0. The van der Waals surface area contributed by atoms with Crippen LogP contribution in [0.15, 0.2) is 116 Å². The van der Waals surface area contributed by atoms with Gasteiger partial charge in [0.2, 0.25) is 23.6 Å². The number of aromatic amines is 1. The predicted octanol–water partition coefficient (Wildman–Crippen LogP) is 4.81. The number of aliphatic hydroxyl groups is 2. The third kappa shape index (κ3) is 9.34. The Morgan fingerprint density at radius 2 is 1.05 bits per heavy atom. The number of anilines is 2. The molecule has 2 aliphatic heterocycles. The summed E-state index contributed by atoms with van der Waals surface area (Å²) < 4.78 is 0. The maximum atomic E-state index is 13.1. The van der Waals surface area contributed by atoms with Gasteiger partial charge >= 0.3 is 0 Å². The van der Waals surface area contributed by atoms with Gasteiger partial charge in [-0.2, -0.15) is 0 Å². The number of rotatable bonds is 12. The van der Waals surface area contributed by atoms with Crippen LogP contribution in [0.3, 0.4) is 0 Å². The number of carbonyl (C=O) groups is 4. The van der Waals surface area contributed by atoms with Gasteiger partial charge in [-0.15, -0.1) is 0 Å². The highest BCUT2D eigenvalue weighted by atomic mass is 16.3. The Labute approximate surface area is 319 Å². The van der Waals surface area contributed by atoms with Crippen molar-refractivity contribution in [3.05, 3.63) is 127 Å². The molecule has 5 aromatic rings. The van der Waals surface area contributed by atoms with Gasteiger partial charge < -0.3 is 35.6 Å². The largest absolute Gasteiger partial charge is 0.391 e. The van der Waals surface area contributed by atoms with Gasteiger partial charge in [0.15, 0.2) is 0 Å². The minimum absolute atomic E-state index is 0.0793. The monoisotopic (exact) mass is 740 g/mol. The number of imidazole rings is 1. The summed E-state index contributed by atoms with van der Waals surface area (Å²) in [5, 5.41) is 26.5. The molecular weight excluding hydrogens is 697 g/mol. The summed E-state index contributed by atoms with van der Waals surface area (Å²) in [6.45, 7) is 0.429. The summed E-state index contributed by atoms with van der Waals surface area (Å²) >= 11 is 0. The van der Waals surface area contributed by atoms with E-state index in [0.717, 1.165) is 27.9 Å². The zero-order chi connectivity index (χ0) is 38.3. The first kappa shape index (κ1) is 37.2. The van der Waals surface area contributed by atoms with Crippen molar-refractivity contribution >= 4 is 35.0 Å². The highest BCUT2D eigenvalue weighted by Crippen LogP contribution is 2.31. The summed E-state index contributed by atoms with van der Waals surface area (Å²) in [5.74, 6) is -0.707. The van der Waals surface area contributed by atoms with Crippen molar-refractivity contribution in [2.75, 3.05) is 23.7 Å². The standard InChI is InChI=1S/C43H44N6O6/c50-36-21-34(48(25-36)40(54)19-28-7-3-1-4-8-28)23-38(52)46-32-15-11-30(12-16-32)42-43(45-27-44-42)31-13-17-33(18-14-31)47-39(53)24-35-22-37(51)26-49(35)41(55)20-29-9-5-2-6-10-29/h1-18,27,34-37,50-51H,19-26H2,(H,44,45)(H,46,52)(H,47,53)/t34-,35-,36-,37-/m0/s1. The number of benzene rings is 4. The van der Waals surface area contributed by atoms with Gasteiger partial charge in [0.05, 0.1) is 42.8 Å². The Morgan fingerprint density at radius 1 is 0.618 bits per heavy atom. The maximum absolute atomic E-state index is 13.1. The summed E-state index contributed by atoms with van der Waals surface area (Å²) in [6.07, 6.45) is 1.58. The fourth-order valence-corrected chi connectivity index (χ4v) is 7.54. The fourth-order valence-electron chi connectivity index (χ4n) is 7.54. The molecule has 0 radical (unpaired) electrons. The minimum atomic E-state index is -0.665. The second-order valence-corrected chi connectivity index (χ2v) is 14.3. The van der Waals surface area contributed by atoms with Crippen molar-refractivity contribution in [3.8, 4) is 22.5 Å². The molecule has 0 unspecified atom stereocenters. The first-order valence-corrected chi connectivity index (χ1v) is 18.6. The Bertz CT molecular complexity index is 1960. The molecule has 0 aliphatic carbocycles. The lowest BCUT2D eigenvalue weighted by Gasteiger charge is -2.24. The first-order chi connectivity index (χ1) is 26.7. The normalized spacial score (nSPS) is 19.3. The van der Waals surface area contributed by atoms with Gasteiger partial charge in [-0.05, 0) is 48.2 Å². The zero-order valence-electron chi connectivity index (χ0n) is 30.3. The molecule has 2 fully saturated rings. The smallest absolute Gasteiger partial charge is 0.227 e. The molecule has 1 aromatic heterocycles. The fraction of sp³-hybridized carbons (Fsp3) is 0.279. The highest BCUT2D eigenvalue weighted by molar-refractivity contribution is 5.93. The van der Waals surface area contributed by atoms with Crippen LogP contribution in [0.2, 0.25) is 0 Å². The lowest BCUT2D eigenvalue weighted by atomic mass is 10.0. The van der Waals surface area contributed by atoms with Crippen LogP contribution in [0.5, 0.6) is 0 Å². The molecular formula is C43H44N6O6. The molecule has 55 heavy (non-hydrogen) atoms. The quantitative estimate of drug-likeness (QED) is 0.122. The van der Waals surface area contributed by atoms with Crippen molar-refractivity contribution < 1.29 is 29.4 Å². The lowest BCUT2D eigenvalue weighted by Crippen LogP contribution is -2.39. The number of H-pyrrole nitrogens is 1. The molecule has 4 amide bonds.